The van der Waals surface area contributed by atoms with Crippen LogP contribution < -0.4 is 11.1 Å². The van der Waals surface area contributed by atoms with Crippen LogP contribution in [0.2, 0.25) is 0 Å². The highest BCUT2D eigenvalue weighted by atomic mass is 19.1. The highest BCUT2D eigenvalue weighted by molar-refractivity contribution is 5.92. The molecule has 1 aliphatic heterocycles. The van der Waals surface area contributed by atoms with Crippen LogP contribution in [-0.2, 0) is 6.54 Å². The largest absolute Gasteiger partial charge is 0.368 e. The minimum absolute atomic E-state index is 0.114. The molecule has 144 valence electrons. The van der Waals surface area contributed by atoms with Crippen molar-refractivity contribution in [1.82, 2.24) is 20.2 Å². The molecule has 0 saturated carbocycles. The average molecular weight is 371 g/mol. The lowest BCUT2D eigenvalue weighted by Gasteiger charge is -2.17. The van der Waals surface area contributed by atoms with E-state index in [2.05, 4.69) is 20.2 Å². The maximum Gasteiger partial charge on any atom is 0.270 e. The van der Waals surface area contributed by atoms with Crippen molar-refractivity contribution >= 4 is 11.9 Å². The standard InChI is InChI=1S/C20H26FN5O/c1-13(2)17-9-18(25-20(22)24-17)19(27)23-10-14-7-8-26(11-14)12-15-5-3-4-6-16(15)21/h3-6,9,13-14H,7-8,10-12H2,1-2H3,(H,23,27)(H2,22,24,25). The second kappa shape index (κ2) is 8.43. The molecule has 1 aromatic heterocycles. The number of nitrogens with two attached hydrogens (primary N) is 1. The van der Waals surface area contributed by atoms with Gasteiger partial charge in [0, 0.05) is 30.9 Å². The minimum Gasteiger partial charge on any atom is -0.368 e. The van der Waals surface area contributed by atoms with Gasteiger partial charge in [0.05, 0.1) is 0 Å². The molecule has 7 heteroatoms. The first kappa shape index (κ1) is 19.2. The summed E-state index contributed by atoms with van der Waals surface area (Å²) in [5, 5.41) is 2.94. The summed E-state index contributed by atoms with van der Waals surface area (Å²) >= 11 is 0. The Kier molecular flexibility index (Phi) is 6.01. The maximum absolute atomic E-state index is 13.8. The Morgan fingerprint density at radius 1 is 1.37 bits per heavy atom. The smallest absolute Gasteiger partial charge is 0.270 e. The molecule has 2 aromatic rings. The third-order valence-corrected chi connectivity index (χ3v) is 4.86. The second-order valence-electron chi connectivity index (χ2n) is 7.38. The Balaban J connectivity index is 1.52. The van der Waals surface area contributed by atoms with Crippen LogP contribution >= 0.6 is 0 Å². The van der Waals surface area contributed by atoms with Gasteiger partial charge in [-0.25, -0.2) is 14.4 Å². The fourth-order valence-corrected chi connectivity index (χ4v) is 3.32. The van der Waals surface area contributed by atoms with Gasteiger partial charge in [-0.05, 0) is 36.9 Å². The number of hydrogen-bond acceptors (Lipinski definition) is 5. The molecule has 1 atom stereocenters. The van der Waals surface area contributed by atoms with Gasteiger partial charge in [-0.3, -0.25) is 9.69 Å². The summed E-state index contributed by atoms with van der Waals surface area (Å²) in [7, 11) is 0. The van der Waals surface area contributed by atoms with Gasteiger partial charge in [0.25, 0.3) is 5.91 Å². The molecular formula is C20H26FN5O. The Labute approximate surface area is 159 Å². The van der Waals surface area contributed by atoms with Crippen LogP contribution in [-0.4, -0.2) is 40.4 Å². The number of anilines is 1. The molecule has 1 unspecified atom stereocenters. The van der Waals surface area contributed by atoms with Crippen LogP contribution in [0.15, 0.2) is 30.3 Å². The van der Waals surface area contributed by atoms with Gasteiger partial charge in [-0.1, -0.05) is 32.0 Å². The molecule has 1 saturated heterocycles. The molecule has 1 aliphatic rings. The molecule has 1 aromatic carbocycles. The molecule has 6 nitrogen and oxygen atoms in total. The number of nitrogens with one attached hydrogen (secondary N) is 1. The summed E-state index contributed by atoms with van der Waals surface area (Å²) in [5.41, 5.74) is 7.48. The number of nitrogen functional groups attached to an aromatic ring is 1. The Morgan fingerprint density at radius 3 is 2.89 bits per heavy atom. The van der Waals surface area contributed by atoms with Crippen molar-refractivity contribution < 1.29 is 9.18 Å². The molecule has 3 rings (SSSR count). The van der Waals surface area contributed by atoms with Crippen LogP contribution in [0.4, 0.5) is 10.3 Å². The number of aromatic nitrogens is 2. The Bertz CT molecular complexity index is 811. The first-order valence-electron chi connectivity index (χ1n) is 9.30. The van der Waals surface area contributed by atoms with Crippen molar-refractivity contribution in [1.29, 1.82) is 0 Å². The van der Waals surface area contributed by atoms with Gasteiger partial charge in [0.2, 0.25) is 5.95 Å². The molecule has 27 heavy (non-hydrogen) atoms. The third-order valence-electron chi connectivity index (χ3n) is 4.86. The predicted octanol–water partition coefficient (Wildman–Crippen LogP) is 2.57. The third kappa shape index (κ3) is 5.01. The Hall–Kier alpha value is -2.54. The van der Waals surface area contributed by atoms with Gasteiger partial charge >= 0.3 is 0 Å². The zero-order chi connectivity index (χ0) is 19.4. The first-order valence-corrected chi connectivity index (χ1v) is 9.30. The van der Waals surface area contributed by atoms with Crippen LogP contribution in [0.5, 0.6) is 0 Å². The van der Waals surface area contributed by atoms with Crippen molar-refractivity contribution in [2.45, 2.75) is 32.7 Å². The normalized spacial score (nSPS) is 17.4. The maximum atomic E-state index is 13.8. The number of amides is 1. The molecular weight excluding hydrogens is 345 g/mol. The van der Waals surface area contributed by atoms with E-state index in [-0.39, 0.29) is 23.6 Å². The van der Waals surface area contributed by atoms with E-state index in [1.807, 2.05) is 26.0 Å². The van der Waals surface area contributed by atoms with E-state index >= 15 is 0 Å². The number of benzene rings is 1. The fourth-order valence-electron chi connectivity index (χ4n) is 3.32. The quantitative estimate of drug-likeness (QED) is 0.815. The van der Waals surface area contributed by atoms with Gasteiger partial charge in [-0.15, -0.1) is 0 Å². The number of nitrogens with zero attached hydrogens (tertiary/aromatic N) is 3. The van der Waals surface area contributed by atoms with Gasteiger partial charge in [0.1, 0.15) is 11.5 Å². The molecule has 0 aliphatic carbocycles. The van der Waals surface area contributed by atoms with Gasteiger partial charge in [-0.2, -0.15) is 0 Å². The lowest BCUT2D eigenvalue weighted by Crippen LogP contribution is -2.31. The van der Waals surface area contributed by atoms with Crippen molar-refractivity contribution in [3.63, 3.8) is 0 Å². The topological polar surface area (TPSA) is 84.1 Å². The highest BCUT2D eigenvalue weighted by Gasteiger charge is 2.24. The SMILES string of the molecule is CC(C)c1cc(C(=O)NCC2CCN(Cc3ccccc3F)C2)nc(N)n1. The van der Waals surface area contributed by atoms with E-state index < -0.39 is 0 Å². The molecule has 1 fully saturated rings. The number of halogens is 1. The van der Waals surface area contributed by atoms with E-state index in [4.69, 9.17) is 5.73 Å². The average Bonchev–Trinajstić information content (AvgIpc) is 3.08. The Morgan fingerprint density at radius 2 is 2.15 bits per heavy atom. The van der Waals surface area contributed by atoms with Crippen molar-refractivity contribution in [3.05, 3.63) is 53.1 Å². The number of hydrogen-bond donors (Lipinski definition) is 2. The predicted molar refractivity (Wildman–Crippen MR) is 103 cm³/mol. The number of carbonyl (C=O) groups is 1. The van der Waals surface area contributed by atoms with E-state index in [0.29, 0.717) is 30.3 Å². The zero-order valence-corrected chi connectivity index (χ0v) is 15.8. The summed E-state index contributed by atoms with van der Waals surface area (Å²) in [6, 6.07) is 8.55. The molecule has 3 N–H and O–H groups in total. The number of carbonyl (C=O) groups excluding carboxylic acids is 1. The van der Waals surface area contributed by atoms with Crippen molar-refractivity contribution in [2.75, 3.05) is 25.4 Å². The van der Waals surface area contributed by atoms with Crippen LogP contribution in [0.25, 0.3) is 0 Å². The van der Waals surface area contributed by atoms with Crippen LogP contribution in [0.1, 0.15) is 47.9 Å². The van der Waals surface area contributed by atoms with E-state index in [9.17, 15) is 9.18 Å². The summed E-state index contributed by atoms with van der Waals surface area (Å²) in [6.45, 7) is 6.87. The summed E-state index contributed by atoms with van der Waals surface area (Å²) in [6.07, 6.45) is 0.970. The number of likely N-dealkylation sites (tertiary alicyclic amines) is 1. The fraction of sp³-hybridized carbons (Fsp3) is 0.450. The monoisotopic (exact) mass is 371 g/mol. The summed E-state index contributed by atoms with van der Waals surface area (Å²) < 4.78 is 13.8. The summed E-state index contributed by atoms with van der Waals surface area (Å²) in [4.78, 5) is 22.8. The first-order chi connectivity index (χ1) is 12.9. The molecule has 1 amide bonds. The van der Waals surface area contributed by atoms with Crippen LogP contribution in [0.3, 0.4) is 0 Å². The second-order valence-corrected chi connectivity index (χ2v) is 7.38. The van der Waals surface area contributed by atoms with Crippen molar-refractivity contribution in [2.24, 2.45) is 5.92 Å². The summed E-state index contributed by atoms with van der Waals surface area (Å²) in [5.74, 6) is 0.214. The van der Waals surface area contributed by atoms with E-state index in [0.717, 1.165) is 25.2 Å². The van der Waals surface area contributed by atoms with Crippen molar-refractivity contribution in [3.8, 4) is 0 Å². The lowest BCUT2D eigenvalue weighted by atomic mass is 10.1. The van der Waals surface area contributed by atoms with E-state index in [1.165, 1.54) is 6.07 Å². The van der Waals surface area contributed by atoms with Crippen LogP contribution in [0, 0.1) is 11.7 Å². The number of rotatable bonds is 6. The highest BCUT2D eigenvalue weighted by Crippen LogP contribution is 2.19. The van der Waals surface area contributed by atoms with Gasteiger partial charge in [0.15, 0.2) is 0 Å². The molecule has 0 radical (unpaired) electrons. The van der Waals surface area contributed by atoms with Gasteiger partial charge < -0.3 is 11.1 Å². The zero-order valence-electron chi connectivity index (χ0n) is 15.8. The molecule has 0 bridgehead atoms. The lowest BCUT2D eigenvalue weighted by molar-refractivity contribution is 0.0942. The minimum atomic E-state index is -0.237. The molecule has 2 heterocycles. The molecule has 0 spiro atoms. The van der Waals surface area contributed by atoms with E-state index in [1.54, 1.807) is 12.1 Å².